The quantitative estimate of drug-likeness (QED) is 0.543. The molecule has 8 heteroatoms. The number of amides is 2. The van der Waals surface area contributed by atoms with Crippen LogP contribution in [0.4, 0.5) is 0 Å². The topological polar surface area (TPSA) is 84.0 Å². The molecule has 0 atom stereocenters. The summed E-state index contributed by atoms with van der Waals surface area (Å²) in [6, 6.07) is 11.4. The highest BCUT2D eigenvalue weighted by molar-refractivity contribution is 8.00. The Bertz CT molecular complexity index is 916. The molecule has 2 aromatic carbocycles. The second-order valence-corrected chi connectivity index (χ2v) is 6.40. The van der Waals surface area contributed by atoms with Crippen LogP contribution in [0.25, 0.3) is 10.8 Å². The molecule has 0 saturated carbocycles. The van der Waals surface area contributed by atoms with Gasteiger partial charge in [0, 0.05) is 27.7 Å². The normalized spacial score (nSPS) is 10.4. The molecule has 0 saturated heterocycles. The molecular formula is C17H13ClN4O2S. The molecule has 3 aromatic rings. The largest absolute Gasteiger partial charge is 0.289 e. The minimum Gasteiger partial charge on any atom is -0.272 e. The third-order valence-corrected chi connectivity index (χ3v) is 4.66. The Morgan fingerprint density at radius 1 is 1.08 bits per heavy atom. The van der Waals surface area contributed by atoms with Crippen LogP contribution < -0.4 is 10.9 Å². The van der Waals surface area contributed by atoms with Crippen LogP contribution in [-0.4, -0.2) is 27.5 Å². The van der Waals surface area contributed by atoms with E-state index in [1.807, 2.05) is 36.4 Å². The van der Waals surface area contributed by atoms with Crippen molar-refractivity contribution in [1.82, 2.24) is 20.8 Å². The third-order valence-electron chi connectivity index (χ3n) is 3.29. The van der Waals surface area contributed by atoms with Crippen molar-refractivity contribution in [2.24, 2.45) is 0 Å². The van der Waals surface area contributed by atoms with E-state index in [1.54, 1.807) is 0 Å². The Labute approximate surface area is 153 Å². The summed E-state index contributed by atoms with van der Waals surface area (Å²) in [5.41, 5.74) is 4.78. The molecular weight excluding hydrogens is 360 g/mol. The Hall–Kier alpha value is -2.64. The number of carbonyl (C=O) groups is 2. The molecule has 1 aromatic heterocycles. The van der Waals surface area contributed by atoms with Crippen LogP contribution in [-0.2, 0) is 4.79 Å². The van der Waals surface area contributed by atoms with Gasteiger partial charge in [-0.3, -0.25) is 25.4 Å². The van der Waals surface area contributed by atoms with Crippen LogP contribution in [0.1, 0.15) is 10.5 Å². The van der Waals surface area contributed by atoms with Crippen LogP contribution in [0.3, 0.4) is 0 Å². The van der Waals surface area contributed by atoms with E-state index in [4.69, 9.17) is 11.6 Å². The van der Waals surface area contributed by atoms with Crippen molar-refractivity contribution in [3.63, 3.8) is 0 Å². The van der Waals surface area contributed by atoms with Gasteiger partial charge in [0.05, 0.1) is 11.9 Å². The number of hydrogen-bond acceptors (Lipinski definition) is 5. The van der Waals surface area contributed by atoms with Gasteiger partial charge in [-0.2, -0.15) is 0 Å². The van der Waals surface area contributed by atoms with Crippen LogP contribution in [0.15, 0.2) is 59.9 Å². The Morgan fingerprint density at radius 3 is 2.64 bits per heavy atom. The van der Waals surface area contributed by atoms with E-state index in [9.17, 15) is 9.59 Å². The van der Waals surface area contributed by atoms with Crippen LogP contribution >= 0.6 is 23.4 Å². The molecule has 126 valence electrons. The summed E-state index contributed by atoms with van der Waals surface area (Å²) >= 11 is 7.61. The fourth-order valence-electron chi connectivity index (χ4n) is 2.17. The van der Waals surface area contributed by atoms with Gasteiger partial charge in [-0.1, -0.05) is 35.9 Å². The molecule has 2 N–H and O–H groups in total. The molecule has 6 nitrogen and oxygen atoms in total. The number of hydrazine groups is 1. The van der Waals surface area contributed by atoms with Crippen molar-refractivity contribution in [3.8, 4) is 0 Å². The van der Waals surface area contributed by atoms with Crippen LogP contribution in [0, 0.1) is 0 Å². The number of fused-ring (bicyclic) bond motifs is 1. The number of benzene rings is 2. The number of hydrogen-bond donors (Lipinski definition) is 2. The van der Waals surface area contributed by atoms with Crippen molar-refractivity contribution in [1.29, 1.82) is 0 Å². The maximum Gasteiger partial charge on any atom is 0.289 e. The van der Waals surface area contributed by atoms with Crippen molar-refractivity contribution in [3.05, 3.63) is 65.7 Å². The molecule has 0 radical (unpaired) electrons. The van der Waals surface area contributed by atoms with Crippen molar-refractivity contribution >= 4 is 45.9 Å². The highest BCUT2D eigenvalue weighted by atomic mass is 35.5. The lowest BCUT2D eigenvalue weighted by molar-refractivity contribution is -0.119. The zero-order valence-electron chi connectivity index (χ0n) is 12.9. The molecule has 2 amide bonds. The van der Waals surface area contributed by atoms with E-state index in [0.717, 1.165) is 15.7 Å². The maximum absolute atomic E-state index is 12.0. The Morgan fingerprint density at radius 2 is 1.88 bits per heavy atom. The predicted molar refractivity (Wildman–Crippen MR) is 97.3 cm³/mol. The number of aromatic nitrogens is 2. The van der Waals surface area contributed by atoms with Gasteiger partial charge in [0.25, 0.3) is 5.91 Å². The summed E-state index contributed by atoms with van der Waals surface area (Å²) in [5.74, 6) is -0.739. The van der Waals surface area contributed by atoms with Gasteiger partial charge in [0.2, 0.25) is 5.91 Å². The molecule has 0 unspecified atom stereocenters. The van der Waals surface area contributed by atoms with Crippen molar-refractivity contribution in [2.75, 3.05) is 5.75 Å². The minimum absolute atomic E-state index is 0.122. The summed E-state index contributed by atoms with van der Waals surface area (Å²) in [5, 5.41) is 2.55. The van der Waals surface area contributed by atoms with E-state index < -0.39 is 5.91 Å². The number of nitrogens with zero attached hydrogens (tertiary/aromatic N) is 2. The average Bonchev–Trinajstić information content (AvgIpc) is 2.65. The van der Waals surface area contributed by atoms with E-state index in [-0.39, 0.29) is 17.4 Å². The van der Waals surface area contributed by atoms with Crippen LogP contribution in [0.5, 0.6) is 0 Å². The molecule has 25 heavy (non-hydrogen) atoms. The monoisotopic (exact) mass is 372 g/mol. The zero-order chi connectivity index (χ0) is 17.6. The highest BCUT2D eigenvalue weighted by Gasteiger charge is 2.10. The Balaban J connectivity index is 1.59. The number of thioether (sulfide) groups is 1. The van der Waals surface area contributed by atoms with Gasteiger partial charge >= 0.3 is 0 Å². The van der Waals surface area contributed by atoms with Gasteiger partial charge < -0.3 is 0 Å². The molecule has 3 rings (SSSR count). The standard InChI is InChI=1S/C17H13ClN4O2S/c18-12-5-1-3-11-4-2-6-14(16(11)12)25-10-15(23)21-22-17(24)13-9-19-7-8-20-13/h1-9H,10H2,(H,21,23)(H,22,24). The molecule has 1 heterocycles. The van der Waals surface area contributed by atoms with E-state index in [0.29, 0.717) is 5.02 Å². The first kappa shape index (κ1) is 17.2. The first-order valence-corrected chi connectivity index (χ1v) is 8.67. The Kier molecular flexibility index (Phi) is 5.47. The number of carbonyl (C=O) groups excluding carboxylic acids is 2. The molecule has 0 bridgehead atoms. The summed E-state index contributed by atoms with van der Waals surface area (Å²) in [6.45, 7) is 0. The lowest BCUT2D eigenvalue weighted by Gasteiger charge is -2.09. The summed E-state index contributed by atoms with van der Waals surface area (Å²) in [6.07, 6.45) is 4.17. The average molecular weight is 373 g/mol. The SMILES string of the molecule is O=C(CSc1cccc2cccc(Cl)c12)NNC(=O)c1cnccn1. The van der Waals surface area contributed by atoms with Gasteiger partial charge in [0.1, 0.15) is 5.69 Å². The molecule has 0 aliphatic heterocycles. The third kappa shape index (κ3) is 4.26. The molecule has 0 fully saturated rings. The number of nitrogens with one attached hydrogen (secondary N) is 2. The fourth-order valence-corrected chi connectivity index (χ4v) is 3.41. The molecule has 0 aliphatic rings. The fraction of sp³-hybridized carbons (Fsp3) is 0.0588. The van der Waals surface area contributed by atoms with E-state index in [1.165, 1.54) is 30.4 Å². The summed E-state index contributed by atoms with van der Waals surface area (Å²) in [7, 11) is 0. The number of rotatable bonds is 4. The van der Waals surface area contributed by atoms with Gasteiger partial charge in [0.15, 0.2) is 0 Å². The van der Waals surface area contributed by atoms with Gasteiger partial charge in [-0.15, -0.1) is 11.8 Å². The van der Waals surface area contributed by atoms with Gasteiger partial charge in [-0.05, 0) is 17.5 Å². The first-order valence-electron chi connectivity index (χ1n) is 7.30. The maximum atomic E-state index is 12.0. The predicted octanol–water partition coefficient (Wildman–Crippen LogP) is 2.84. The highest BCUT2D eigenvalue weighted by Crippen LogP contribution is 2.32. The van der Waals surface area contributed by atoms with E-state index >= 15 is 0 Å². The van der Waals surface area contributed by atoms with E-state index in [2.05, 4.69) is 20.8 Å². The van der Waals surface area contributed by atoms with Gasteiger partial charge in [-0.25, -0.2) is 4.98 Å². The first-order chi connectivity index (χ1) is 12.1. The van der Waals surface area contributed by atoms with Crippen LogP contribution in [0.2, 0.25) is 5.02 Å². The molecule has 0 spiro atoms. The number of halogens is 1. The second-order valence-electron chi connectivity index (χ2n) is 4.98. The lowest BCUT2D eigenvalue weighted by Crippen LogP contribution is -2.42. The smallest absolute Gasteiger partial charge is 0.272 e. The second kappa shape index (κ2) is 7.96. The minimum atomic E-state index is -0.528. The summed E-state index contributed by atoms with van der Waals surface area (Å²) < 4.78 is 0. The summed E-state index contributed by atoms with van der Waals surface area (Å²) in [4.78, 5) is 32.3. The zero-order valence-corrected chi connectivity index (χ0v) is 14.5. The van der Waals surface area contributed by atoms with Crippen molar-refractivity contribution in [2.45, 2.75) is 4.90 Å². The van der Waals surface area contributed by atoms with Crippen molar-refractivity contribution < 1.29 is 9.59 Å². The lowest BCUT2D eigenvalue weighted by atomic mass is 10.1. The molecule has 0 aliphatic carbocycles.